The highest BCUT2D eigenvalue weighted by Gasteiger charge is 2.38. The Morgan fingerprint density at radius 3 is 2.00 bits per heavy atom. The molecule has 0 saturated carbocycles. The number of primary amides is 1. The summed E-state index contributed by atoms with van der Waals surface area (Å²) in [5.74, 6) is -1.39. The third-order valence-electron chi connectivity index (χ3n) is 4.82. The van der Waals surface area contributed by atoms with Crippen molar-refractivity contribution in [3.63, 3.8) is 0 Å². The van der Waals surface area contributed by atoms with Gasteiger partial charge in [0.2, 0.25) is 11.8 Å². The van der Waals surface area contributed by atoms with Crippen molar-refractivity contribution < 1.29 is 14.7 Å². The Labute approximate surface area is 153 Å². The van der Waals surface area contributed by atoms with Crippen LogP contribution in [0.25, 0.3) is 11.1 Å². The van der Waals surface area contributed by atoms with E-state index in [1.807, 2.05) is 62.4 Å². The van der Waals surface area contributed by atoms with Crippen LogP contribution in [0.3, 0.4) is 0 Å². The summed E-state index contributed by atoms with van der Waals surface area (Å²) >= 11 is 0. The molecule has 0 fully saturated rings. The number of nitrogens with two attached hydrogens (primary N) is 1. The Kier molecular flexibility index (Phi) is 5.09. The van der Waals surface area contributed by atoms with Crippen molar-refractivity contribution in [1.82, 2.24) is 5.32 Å². The van der Waals surface area contributed by atoms with E-state index in [0.717, 1.165) is 22.3 Å². The van der Waals surface area contributed by atoms with Gasteiger partial charge in [0.25, 0.3) is 0 Å². The number of benzene rings is 2. The van der Waals surface area contributed by atoms with Crippen molar-refractivity contribution in [2.24, 2.45) is 11.7 Å². The SMILES string of the molecule is CC(C)C[C@H](O)C(=O)N[C@@H](C(N)=O)C1c2ccccc2-c2ccccc21. The van der Waals surface area contributed by atoms with Crippen LogP contribution in [0.5, 0.6) is 0 Å². The molecule has 26 heavy (non-hydrogen) atoms. The predicted molar refractivity (Wildman–Crippen MR) is 100 cm³/mol. The van der Waals surface area contributed by atoms with Gasteiger partial charge in [-0.1, -0.05) is 62.4 Å². The van der Waals surface area contributed by atoms with E-state index in [-0.39, 0.29) is 11.8 Å². The molecule has 0 radical (unpaired) electrons. The molecule has 136 valence electrons. The lowest BCUT2D eigenvalue weighted by Crippen LogP contribution is -2.51. The lowest BCUT2D eigenvalue weighted by Gasteiger charge is -2.25. The molecule has 0 spiro atoms. The first-order chi connectivity index (χ1) is 12.4. The van der Waals surface area contributed by atoms with Crippen LogP contribution in [0.15, 0.2) is 48.5 Å². The van der Waals surface area contributed by atoms with E-state index in [1.165, 1.54) is 0 Å². The molecule has 0 aromatic heterocycles. The third-order valence-corrected chi connectivity index (χ3v) is 4.82. The Bertz CT molecular complexity index is 786. The van der Waals surface area contributed by atoms with Gasteiger partial charge in [-0.25, -0.2) is 0 Å². The van der Waals surface area contributed by atoms with E-state index in [2.05, 4.69) is 5.32 Å². The summed E-state index contributed by atoms with van der Waals surface area (Å²) in [6.45, 7) is 3.84. The number of rotatable bonds is 6. The van der Waals surface area contributed by atoms with Gasteiger partial charge < -0.3 is 16.2 Å². The van der Waals surface area contributed by atoms with Gasteiger partial charge in [-0.3, -0.25) is 9.59 Å². The molecule has 0 saturated heterocycles. The summed E-state index contributed by atoms with van der Waals surface area (Å²) in [6, 6.07) is 14.7. The second-order valence-corrected chi connectivity index (χ2v) is 7.19. The van der Waals surface area contributed by atoms with Crippen molar-refractivity contribution in [3.8, 4) is 11.1 Å². The molecular formula is C21H24N2O3. The van der Waals surface area contributed by atoms with Gasteiger partial charge in [0.15, 0.2) is 0 Å². The first-order valence-electron chi connectivity index (χ1n) is 8.86. The number of aliphatic hydroxyl groups is 1. The first-order valence-corrected chi connectivity index (χ1v) is 8.86. The monoisotopic (exact) mass is 352 g/mol. The summed E-state index contributed by atoms with van der Waals surface area (Å²) in [4.78, 5) is 24.6. The smallest absolute Gasteiger partial charge is 0.249 e. The number of hydrogen-bond donors (Lipinski definition) is 3. The molecule has 1 aliphatic carbocycles. The fraction of sp³-hybridized carbons (Fsp3) is 0.333. The van der Waals surface area contributed by atoms with Gasteiger partial charge in [-0.2, -0.15) is 0 Å². The fourth-order valence-corrected chi connectivity index (χ4v) is 3.68. The fourth-order valence-electron chi connectivity index (χ4n) is 3.68. The Morgan fingerprint density at radius 2 is 1.54 bits per heavy atom. The van der Waals surface area contributed by atoms with E-state index in [4.69, 9.17) is 5.73 Å². The molecular weight excluding hydrogens is 328 g/mol. The molecule has 1 aliphatic rings. The number of carbonyl (C=O) groups is 2. The van der Waals surface area contributed by atoms with Crippen molar-refractivity contribution in [2.75, 3.05) is 0 Å². The van der Waals surface area contributed by atoms with E-state index in [9.17, 15) is 14.7 Å². The number of aliphatic hydroxyl groups excluding tert-OH is 1. The van der Waals surface area contributed by atoms with Crippen LogP contribution in [0.4, 0.5) is 0 Å². The quantitative estimate of drug-likeness (QED) is 0.744. The van der Waals surface area contributed by atoms with Crippen molar-refractivity contribution in [2.45, 2.75) is 38.3 Å². The normalized spacial score (nSPS) is 15.2. The van der Waals surface area contributed by atoms with Crippen molar-refractivity contribution in [1.29, 1.82) is 0 Å². The Hall–Kier alpha value is -2.66. The van der Waals surface area contributed by atoms with E-state index >= 15 is 0 Å². The summed E-state index contributed by atoms with van der Waals surface area (Å²) < 4.78 is 0. The van der Waals surface area contributed by atoms with Crippen LogP contribution < -0.4 is 11.1 Å². The third kappa shape index (κ3) is 3.35. The number of fused-ring (bicyclic) bond motifs is 3. The maximum absolute atomic E-state index is 12.4. The molecule has 0 unspecified atom stereocenters. The van der Waals surface area contributed by atoms with Crippen LogP contribution >= 0.6 is 0 Å². The minimum Gasteiger partial charge on any atom is -0.383 e. The maximum Gasteiger partial charge on any atom is 0.249 e. The van der Waals surface area contributed by atoms with Crippen LogP contribution in [0, 0.1) is 5.92 Å². The van der Waals surface area contributed by atoms with Crippen molar-refractivity contribution in [3.05, 3.63) is 59.7 Å². The molecule has 0 bridgehead atoms. The van der Waals surface area contributed by atoms with Crippen LogP contribution in [-0.2, 0) is 9.59 Å². The molecule has 2 amide bonds. The van der Waals surface area contributed by atoms with Crippen LogP contribution in [0.2, 0.25) is 0 Å². The summed E-state index contributed by atoms with van der Waals surface area (Å²) in [7, 11) is 0. The molecule has 2 aromatic rings. The topological polar surface area (TPSA) is 92.4 Å². The molecule has 5 nitrogen and oxygen atoms in total. The zero-order chi connectivity index (χ0) is 18.8. The highest BCUT2D eigenvalue weighted by Crippen LogP contribution is 2.46. The molecule has 3 rings (SSSR count). The molecule has 2 atom stereocenters. The van der Waals surface area contributed by atoms with Gasteiger partial charge in [-0.05, 0) is 34.6 Å². The van der Waals surface area contributed by atoms with E-state index in [1.54, 1.807) is 0 Å². The molecule has 4 N–H and O–H groups in total. The second kappa shape index (κ2) is 7.30. The lowest BCUT2D eigenvalue weighted by molar-refractivity contribution is -0.134. The van der Waals surface area contributed by atoms with Crippen LogP contribution in [-0.4, -0.2) is 29.1 Å². The zero-order valence-corrected chi connectivity index (χ0v) is 15.0. The van der Waals surface area contributed by atoms with Crippen LogP contribution in [0.1, 0.15) is 37.3 Å². The van der Waals surface area contributed by atoms with E-state index < -0.39 is 24.0 Å². The number of nitrogens with one attached hydrogen (secondary N) is 1. The largest absolute Gasteiger partial charge is 0.383 e. The standard InChI is InChI=1S/C21H24N2O3/c1-12(2)11-17(24)21(26)23-19(20(22)25)18-15-9-5-3-7-13(15)14-8-4-6-10-16(14)18/h3-10,12,17-19,24H,11H2,1-2H3,(H2,22,25)(H,23,26)/t17-,19+/m0/s1. The van der Waals surface area contributed by atoms with Gasteiger partial charge in [0.05, 0.1) is 0 Å². The average Bonchev–Trinajstić information content (AvgIpc) is 2.93. The van der Waals surface area contributed by atoms with Gasteiger partial charge >= 0.3 is 0 Å². The highest BCUT2D eigenvalue weighted by molar-refractivity contribution is 5.92. The number of amides is 2. The Morgan fingerprint density at radius 1 is 1.04 bits per heavy atom. The van der Waals surface area contributed by atoms with Gasteiger partial charge in [0.1, 0.15) is 12.1 Å². The molecule has 0 heterocycles. The zero-order valence-electron chi connectivity index (χ0n) is 15.0. The second-order valence-electron chi connectivity index (χ2n) is 7.19. The van der Waals surface area contributed by atoms with Crippen molar-refractivity contribution >= 4 is 11.8 Å². The van der Waals surface area contributed by atoms with Gasteiger partial charge in [-0.15, -0.1) is 0 Å². The first kappa shape index (κ1) is 18.1. The number of carbonyl (C=O) groups excluding carboxylic acids is 2. The minimum atomic E-state index is -1.16. The molecule has 5 heteroatoms. The average molecular weight is 352 g/mol. The summed E-state index contributed by atoms with van der Waals surface area (Å²) in [5.41, 5.74) is 9.63. The lowest BCUT2D eigenvalue weighted by atomic mass is 9.88. The highest BCUT2D eigenvalue weighted by atomic mass is 16.3. The predicted octanol–water partition coefficient (Wildman–Crippen LogP) is 2.18. The number of hydrogen-bond acceptors (Lipinski definition) is 3. The maximum atomic E-state index is 12.4. The molecule has 0 aliphatic heterocycles. The minimum absolute atomic E-state index is 0.163. The summed E-state index contributed by atoms with van der Waals surface area (Å²) in [6.07, 6.45) is -0.835. The summed E-state index contributed by atoms with van der Waals surface area (Å²) in [5, 5.41) is 12.8. The van der Waals surface area contributed by atoms with E-state index in [0.29, 0.717) is 6.42 Å². The molecule has 2 aromatic carbocycles. The Balaban J connectivity index is 1.96. The van der Waals surface area contributed by atoms with Gasteiger partial charge in [0, 0.05) is 5.92 Å².